The average Bonchev–Trinajstić information content (AvgIpc) is 3.05. The molecule has 0 atom stereocenters. The van der Waals surface area contributed by atoms with Gasteiger partial charge in [0.15, 0.2) is 0 Å². The Morgan fingerprint density at radius 3 is 2.96 bits per heavy atom. The van der Waals surface area contributed by atoms with Crippen molar-refractivity contribution in [1.29, 1.82) is 0 Å². The summed E-state index contributed by atoms with van der Waals surface area (Å²) in [5.41, 5.74) is 3.59. The van der Waals surface area contributed by atoms with E-state index in [1.54, 1.807) is 17.5 Å². The molecule has 118 valence electrons. The lowest BCUT2D eigenvalue weighted by molar-refractivity contribution is 0.0137. The maximum absolute atomic E-state index is 5.81. The van der Waals surface area contributed by atoms with Crippen LogP contribution in [0.15, 0.2) is 41.9 Å². The standard InChI is InChI=1S/C18H19N3OS/c1-2-13-4-3-5-14-6-7-15(20-17(13)14)10-21-11-16(12-21)22-18-19-8-9-23-18/h3-9,16H,2,10-12H2,1H3. The minimum absolute atomic E-state index is 0.257. The van der Waals surface area contributed by atoms with Crippen LogP contribution in [0.4, 0.5) is 0 Å². The summed E-state index contributed by atoms with van der Waals surface area (Å²) in [6, 6.07) is 10.7. The van der Waals surface area contributed by atoms with Crippen LogP contribution in [-0.4, -0.2) is 34.1 Å². The van der Waals surface area contributed by atoms with Gasteiger partial charge in [0.25, 0.3) is 5.19 Å². The predicted octanol–water partition coefficient (Wildman–Crippen LogP) is 3.52. The topological polar surface area (TPSA) is 38.2 Å². The van der Waals surface area contributed by atoms with Crippen molar-refractivity contribution in [1.82, 2.24) is 14.9 Å². The van der Waals surface area contributed by atoms with Crippen LogP contribution in [0.1, 0.15) is 18.2 Å². The Morgan fingerprint density at radius 1 is 1.26 bits per heavy atom. The van der Waals surface area contributed by atoms with Gasteiger partial charge in [-0.25, -0.2) is 4.98 Å². The molecule has 0 unspecified atom stereocenters. The third kappa shape index (κ3) is 3.07. The lowest BCUT2D eigenvalue weighted by Crippen LogP contribution is -2.53. The second kappa shape index (κ2) is 6.26. The van der Waals surface area contributed by atoms with Gasteiger partial charge in [-0.15, -0.1) is 0 Å². The second-order valence-corrected chi connectivity index (χ2v) is 6.73. The van der Waals surface area contributed by atoms with E-state index < -0.39 is 0 Å². The first-order chi connectivity index (χ1) is 11.3. The number of likely N-dealkylation sites (tertiary alicyclic amines) is 1. The van der Waals surface area contributed by atoms with Gasteiger partial charge in [0, 0.05) is 36.6 Å². The Hall–Kier alpha value is -1.98. The molecule has 1 aliphatic heterocycles. The fourth-order valence-electron chi connectivity index (χ4n) is 2.99. The molecule has 1 aromatic carbocycles. The van der Waals surface area contributed by atoms with E-state index in [0.29, 0.717) is 0 Å². The van der Waals surface area contributed by atoms with E-state index in [2.05, 4.69) is 47.1 Å². The largest absolute Gasteiger partial charge is 0.464 e. The van der Waals surface area contributed by atoms with Gasteiger partial charge >= 0.3 is 0 Å². The molecular weight excluding hydrogens is 306 g/mol. The molecule has 0 aliphatic carbocycles. The van der Waals surface area contributed by atoms with Gasteiger partial charge < -0.3 is 4.74 Å². The molecule has 3 aromatic rings. The molecule has 0 radical (unpaired) electrons. The maximum atomic E-state index is 5.81. The molecule has 4 nitrogen and oxygen atoms in total. The second-order valence-electron chi connectivity index (χ2n) is 5.88. The van der Waals surface area contributed by atoms with Crippen LogP contribution in [0.5, 0.6) is 5.19 Å². The quantitative estimate of drug-likeness (QED) is 0.719. The van der Waals surface area contributed by atoms with Gasteiger partial charge in [0.1, 0.15) is 6.10 Å². The molecule has 0 spiro atoms. The van der Waals surface area contributed by atoms with Crippen LogP contribution >= 0.6 is 11.3 Å². The van der Waals surface area contributed by atoms with Gasteiger partial charge in [-0.1, -0.05) is 42.5 Å². The van der Waals surface area contributed by atoms with Gasteiger partial charge in [-0.2, -0.15) is 0 Å². The maximum Gasteiger partial charge on any atom is 0.273 e. The van der Waals surface area contributed by atoms with E-state index in [1.807, 2.05) is 5.38 Å². The van der Waals surface area contributed by atoms with E-state index in [4.69, 9.17) is 9.72 Å². The Labute approximate surface area is 139 Å². The smallest absolute Gasteiger partial charge is 0.273 e. The Balaban J connectivity index is 1.41. The molecule has 23 heavy (non-hydrogen) atoms. The monoisotopic (exact) mass is 325 g/mol. The molecule has 1 aliphatic rings. The number of nitrogens with zero attached hydrogens (tertiary/aromatic N) is 3. The highest BCUT2D eigenvalue weighted by molar-refractivity contribution is 7.11. The molecule has 5 heteroatoms. The number of ether oxygens (including phenoxy) is 1. The third-order valence-electron chi connectivity index (χ3n) is 4.23. The van der Waals surface area contributed by atoms with Gasteiger partial charge in [0.05, 0.1) is 11.2 Å². The Bertz CT molecular complexity index is 797. The highest BCUT2D eigenvalue weighted by Gasteiger charge is 2.29. The molecular formula is C18H19N3OS. The van der Waals surface area contributed by atoms with Crippen molar-refractivity contribution in [2.75, 3.05) is 13.1 Å². The van der Waals surface area contributed by atoms with Crippen molar-refractivity contribution in [3.05, 3.63) is 53.2 Å². The third-order valence-corrected chi connectivity index (χ3v) is 4.89. The van der Waals surface area contributed by atoms with Crippen molar-refractivity contribution in [3.8, 4) is 5.19 Å². The fourth-order valence-corrected chi connectivity index (χ4v) is 3.54. The number of aromatic nitrogens is 2. The average molecular weight is 325 g/mol. The number of aryl methyl sites for hydroxylation is 1. The van der Waals surface area contributed by atoms with E-state index in [1.165, 1.54) is 10.9 Å². The molecule has 1 saturated heterocycles. The molecule has 2 aromatic heterocycles. The lowest BCUT2D eigenvalue weighted by atomic mass is 10.1. The van der Waals surface area contributed by atoms with Gasteiger partial charge in [0.2, 0.25) is 0 Å². The fraction of sp³-hybridized carbons (Fsp3) is 0.333. The molecule has 0 saturated carbocycles. The SMILES string of the molecule is CCc1cccc2ccc(CN3CC(Oc4nccs4)C3)nc12. The highest BCUT2D eigenvalue weighted by atomic mass is 32.1. The van der Waals surface area contributed by atoms with Crippen LogP contribution in [-0.2, 0) is 13.0 Å². The Kier molecular flexibility index (Phi) is 3.97. The molecule has 3 heterocycles. The zero-order valence-corrected chi connectivity index (χ0v) is 13.9. The molecule has 0 bridgehead atoms. The van der Waals surface area contributed by atoms with Crippen LogP contribution in [0.2, 0.25) is 0 Å². The van der Waals surface area contributed by atoms with E-state index in [9.17, 15) is 0 Å². The van der Waals surface area contributed by atoms with Crippen LogP contribution < -0.4 is 4.74 Å². The van der Waals surface area contributed by atoms with Crippen LogP contribution in [0.3, 0.4) is 0 Å². The number of benzene rings is 1. The van der Waals surface area contributed by atoms with E-state index in [0.717, 1.165) is 42.5 Å². The number of hydrogen-bond acceptors (Lipinski definition) is 5. The van der Waals surface area contributed by atoms with Crippen molar-refractivity contribution < 1.29 is 4.74 Å². The summed E-state index contributed by atoms with van der Waals surface area (Å²) in [5, 5.41) is 3.93. The van der Waals surface area contributed by atoms with Crippen molar-refractivity contribution in [2.24, 2.45) is 0 Å². The molecule has 4 rings (SSSR count). The predicted molar refractivity (Wildman–Crippen MR) is 92.9 cm³/mol. The summed E-state index contributed by atoms with van der Waals surface area (Å²) >= 11 is 1.55. The first kappa shape index (κ1) is 14.6. The summed E-state index contributed by atoms with van der Waals surface area (Å²) in [6.07, 6.45) is 3.05. The number of thiazole rings is 1. The minimum atomic E-state index is 0.257. The first-order valence-electron chi connectivity index (χ1n) is 7.98. The number of hydrogen-bond donors (Lipinski definition) is 0. The molecule has 0 N–H and O–H groups in total. The van der Waals surface area contributed by atoms with E-state index >= 15 is 0 Å². The van der Waals surface area contributed by atoms with Crippen molar-refractivity contribution in [2.45, 2.75) is 26.0 Å². The first-order valence-corrected chi connectivity index (χ1v) is 8.86. The summed E-state index contributed by atoms with van der Waals surface area (Å²) in [6.45, 7) is 4.94. The molecule has 0 amide bonds. The zero-order valence-electron chi connectivity index (χ0n) is 13.1. The lowest BCUT2D eigenvalue weighted by Gasteiger charge is -2.38. The highest BCUT2D eigenvalue weighted by Crippen LogP contribution is 2.22. The molecule has 1 fully saturated rings. The number of pyridine rings is 1. The minimum Gasteiger partial charge on any atom is -0.464 e. The number of para-hydroxylation sites is 1. The van der Waals surface area contributed by atoms with Crippen LogP contribution in [0.25, 0.3) is 10.9 Å². The summed E-state index contributed by atoms with van der Waals surface area (Å²) < 4.78 is 5.81. The normalized spacial score (nSPS) is 15.7. The van der Waals surface area contributed by atoms with E-state index in [-0.39, 0.29) is 6.10 Å². The Morgan fingerprint density at radius 2 is 2.17 bits per heavy atom. The van der Waals surface area contributed by atoms with Crippen molar-refractivity contribution in [3.63, 3.8) is 0 Å². The zero-order chi connectivity index (χ0) is 15.6. The van der Waals surface area contributed by atoms with Gasteiger partial charge in [-0.3, -0.25) is 9.88 Å². The summed E-state index contributed by atoms with van der Waals surface area (Å²) in [7, 11) is 0. The summed E-state index contributed by atoms with van der Waals surface area (Å²) in [4.78, 5) is 11.4. The number of rotatable bonds is 5. The van der Waals surface area contributed by atoms with Crippen molar-refractivity contribution >= 4 is 22.2 Å². The summed E-state index contributed by atoms with van der Waals surface area (Å²) in [5.74, 6) is 0. The number of fused-ring (bicyclic) bond motifs is 1. The van der Waals surface area contributed by atoms with Gasteiger partial charge in [-0.05, 0) is 18.1 Å². The van der Waals surface area contributed by atoms with Crippen LogP contribution in [0, 0.1) is 0 Å².